The number of benzene rings is 1. The number of methoxy groups -OCH3 is 1. The van der Waals surface area contributed by atoms with Crippen LogP contribution in [0, 0.1) is 0 Å². The molecule has 2 rings (SSSR count). The monoisotopic (exact) mass is 229 g/mol. The molecule has 17 heavy (non-hydrogen) atoms. The summed E-state index contributed by atoms with van der Waals surface area (Å²) >= 11 is 0. The lowest BCUT2D eigenvalue weighted by Crippen LogP contribution is -2.02. The topological polar surface area (TPSA) is 42.4 Å². The number of aliphatic hydroxyl groups is 1. The second-order valence-electron chi connectivity index (χ2n) is 3.86. The van der Waals surface area contributed by atoms with Crippen molar-refractivity contribution in [2.45, 2.75) is 12.5 Å². The van der Waals surface area contributed by atoms with Gasteiger partial charge in [-0.2, -0.15) is 0 Å². The van der Waals surface area contributed by atoms with Crippen LogP contribution in [-0.2, 0) is 6.42 Å². The van der Waals surface area contributed by atoms with Crippen LogP contribution in [0.1, 0.15) is 17.2 Å². The van der Waals surface area contributed by atoms with E-state index in [2.05, 4.69) is 4.98 Å². The van der Waals surface area contributed by atoms with Gasteiger partial charge in [-0.3, -0.25) is 4.98 Å². The van der Waals surface area contributed by atoms with Crippen molar-refractivity contribution in [3.8, 4) is 5.75 Å². The molecular formula is C14H15NO2. The van der Waals surface area contributed by atoms with Crippen molar-refractivity contribution in [3.63, 3.8) is 0 Å². The molecule has 0 fully saturated rings. The first-order valence-corrected chi connectivity index (χ1v) is 5.50. The standard InChI is InChI=1S/C14H15NO2/c1-17-13-6-2-5-12(9-13)14(16)8-11-4-3-7-15-10-11/h2-7,9-10,14,16H,8H2,1H3. The van der Waals surface area contributed by atoms with Crippen LogP contribution < -0.4 is 4.74 Å². The molecule has 0 radical (unpaired) electrons. The van der Waals surface area contributed by atoms with Gasteiger partial charge in [0.25, 0.3) is 0 Å². The van der Waals surface area contributed by atoms with Gasteiger partial charge in [0.1, 0.15) is 5.75 Å². The SMILES string of the molecule is COc1cccc(C(O)Cc2cccnc2)c1. The third-order valence-corrected chi connectivity index (χ3v) is 2.63. The smallest absolute Gasteiger partial charge is 0.119 e. The number of aliphatic hydroxyl groups excluding tert-OH is 1. The maximum atomic E-state index is 10.1. The minimum Gasteiger partial charge on any atom is -0.497 e. The van der Waals surface area contributed by atoms with Gasteiger partial charge in [0, 0.05) is 18.8 Å². The lowest BCUT2D eigenvalue weighted by molar-refractivity contribution is 0.178. The number of hydrogen-bond donors (Lipinski definition) is 1. The Morgan fingerprint density at radius 2 is 2.18 bits per heavy atom. The highest BCUT2D eigenvalue weighted by Crippen LogP contribution is 2.21. The van der Waals surface area contributed by atoms with Gasteiger partial charge < -0.3 is 9.84 Å². The molecule has 0 aliphatic rings. The van der Waals surface area contributed by atoms with E-state index in [-0.39, 0.29) is 0 Å². The first-order chi connectivity index (χ1) is 8.29. The Labute approximate surface area is 101 Å². The quantitative estimate of drug-likeness (QED) is 0.875. The van der Waals surface area contributed by atoms with Gasteiger partial charge in [0.2, 0.25) is 0 Å². The van der Waals surface area contributed by atoms with E-state index in [4.69, 9.17) is 4.74 Å². The van der Waals surface area contributed by atoms with Crippen LogP contribution in [0.4, 0.5) is 0 Å². The first kappa shape index (κ1) is 11.6. The lowest BCUT2D eigenvalue weighted by atomic mass is 10.0. The zero-order valence-corrected chi connectivity index (χ0v) is 9.71. The van der Waals surface area contributed by atoms with Gasteiger partial charge in [0.15, 0.2) is 0 Å². The average molecular weight is 229 g/mol. The minimum absolute atomic E-state index is 0.533. The summed E-state index contributed by atoms with van der Waals surface area (Å²) < 4.78 is 5.13. The Hall–Kier alpha value is -1.87. The van der Waals surface area contributed by atoms with Gasteiger partial charge in [-0.25, -0.2) is 0 Å². The molecule has 3 nitrogen and oxygen atoms in total. The molecular weight excluding hydrogens is 214 g/mol. The summed E-state index contributed by atoms with van der Waals surface area (Å²) in [6, 6.07) is 11.3. The molecule has 88 valence electrons. The second kappa shape index (κ2) is 5.46. The Morgan fingerprint density at radius 1 is 1.29 bits per heavy atom. The largest absolute Gasteiger partial charge is 0.497 e. The van der Waals surface area contributed by atoms with Crippen molar-refractivity contribution in [1.82, 2.24) is 4.98 Å². The highest BCUT2D eigenvalue weighted by molar-refractivity contribution is 5.30. The van der Waals surface area contributed by atoms with E-state index in [1.165, 1.54) is 0 Å². The fourth-order valence-corrected chi connectivity index (χ4v) is 1.71. The van der Waals surface area contributed by atoms with Crippen molar-refractivity contribution >= 4 is 0 Å². The molecule has 0 amide bonds. The maximum Gasteiger partial charge on any atom is 0.119 e. The molecule has 1 unspecified atom stereocenters. The Morgan fingerprint density at radius 3 is 2.88 bits per heavy atom. The van der Waals surface area contributed by atoms with E-state index in [0.717, 1.165) is 16.9 Å². The van der Waals surface area contributed by atoms with Crippen LogP contribution in [0.2, 0.25) is 0 Å². The van der Waals surface area contributed by atoms with E-state index >= 15 is 0 Å². The third kappa shape index (κ3) is 3.04. The van der Waals surface area contributed by atoms with E-state index in [1.54, 1.807) is 19.5 Å². The van der Waals surface area contributed by atoms with Crippen LogP contribution in [0.15, 0.2) is 48.8 Å². The summed E-state index contributed by atoms with van der Waals surface area (Å²) in [6.45, 7) is 0. The van der Waals surface area contributed by atoms with Crippen molar-refractivity contribution in [1.29, 1.82) is 0 Å². The molecule has 1 atom stereocenters. The predicted octanol–water partition coefficient (Wildman–Crippen LogP) is 2.37. The van der Waals surface area contributed by atoms with Crippen LogP contribution in [0.5, 0.6) is 5.75 Å². The lowest BCUT2D eigenvalue weighted by Gasteiger charge is -2.11. The number of pyridine rings is 1. The number of nitrogens with zero attached hydrogens (tertiary/aromatic N) is 1. The van der Waals surface area contributed by atoms with Gasteiger partial charge in [0.05, 0.1) is 13.2 Å². The number of aromatic nitrogens is 1. The van der Waals surface area contributed by atoms with Gasteiger partial charge >= 0.3 is 0 Å². The average Bonchev–Trinajstić information content (AvgIpc) is 2.40. The van der Waals surface area contributed by atoms with Crippen molar-refractivity contribution in [2.24, 2.45) is 0 Å². The number of hydrogen-bond acceptors (Lipinski definition) is 3. The van der Waals surface area contributed by atoms with Crippen molar-refractivity contribution < 1.29 is 9.84 Å². The number of rotatable bonds is 4. The fourth-order valence-electron chi connectivity index (χ4n) is 1.71. The van der Waals surface area contributed by atoms with E-state index < -0.39 is 6.10 Å². The van der Waals surface area contributed by atoms with Crippen LogP contribution >= 0.6 is 0 Å². The molecule has 1 heterocycles. The summed E-state index contributed by atoms with van der Waals surface area (Å²) in [7, 11) is 1.62. The molecule has 0 bridgehead atoms. The summed E-state index contributed by atoms with van der Waals surface area (Å²) in [6.07, 6.45) is 3.51. The summed E-state index contributed by atoms with van der Waals surface area (Å²) in [4.78, 5) is 4.03. The van der Waals surface area contributed by atoms with Crippen molar-refractivity contribution in [3.05, 3.63) is 59.9 Å². The molecule has 1 aromatic heterocycles. The molecule has 0 aliphatic carbocycles. The first-order valence-electron chi connectivity index (χ1n) is 5.50. The molecule has 2 aromatic rings. The van der Waals surface area contributed by atoms with Gasteiger partial charge in [-0.15, -0.1) is 0 Å². The zero-order chi connectivity index (χ0) is 12.1. The molecule has 3 heteroatoms. The van der Waals surface area contributed by atoms with Gasteiger partial charge in [-0.05, 0) is 29.3 Å². The van der Waals surface area contributed by atoms with E-state index in [1.807, 2.05) is 36.4 Å². The summed E-state index contributed by atoms with van der Waals surface area (Å²) in [5, 5.41) is 10.1. The minimum atomic E-state index is -0.533. The molecule has 0 saturated carbocycles. The van der Waals surface area contributed by atoms with Crippen LogP contribution in [0.25, 0.3) is 0 Å². The van der Waals surface area contributed by atoms with Crippen LogP contribution in [-0.4, -0.2) is 17.2 Å². The van der Waals surface area contributed by atoms with E-state index in [9.17, 15) is 5.11 Å². The summed E-state index contributed by atoms with van der Waals surface area (Å²) in [5.74, 6) is 0.757. The van der Waals surface area contributed by atoms with Crippen molar-refractivity contribution in [2.75, 3.05) is 7.11 Å². The molecule has 1 N–H and O–H groups in total. The van der Waals surface area contributed by atoms with E-state index in [0.29, 0.717) is 6.42 Å². The fraction of sp³-hybridized carbons (Fsp3) is 0.214. The molecule has 0 spiro atoms. The normalized spacial score (nSPS) is 12.1. The maximum absolute atomic E-state index is 10.1. The highest BCUT2D eigenvalue weighted by Gasteiger charge is 2.09. The van der Waals surface area contributed by atoms with Gasteiger partial charge in [-0.1, -0.05) is 18.2 Å². The Kier molecular flexibility index (Phi) is 3.73. The number of ether oxygens (including phenoxy) is 1. The summed E-state index contributed by atoms with van der Waals surface area (Å²) in [5.41, 5.74) is 1.87. The Bertz CT molecular complexity index is 471. The third-order valence-electron chi connectivity index (χ3n) is 2.63. The zero-order valence-electron chi connectivity index (χ0n) is 9.71. The predicted molar refractivity (Wildman–Crippen MR) is 65.9 cm³/mol. The highest BCUT2D eigenvalue weighted by atomic mass is 16.5. The second-order valence-corrected chi connectivity index (χ2v) is 3.86. The van der Waals surface area contributed by atoms with Crippen LogP contribution in [0.3, 0.4) is 0 Å². The Balaban J connectivity index is 2.11. The molecule has 0 saturated heterocycles. The molecule has 1 aromatic carbocycles. The molecule has 0 aliphatic heterocycles.